The lowest BCUT2D eigenvalue weighted by atomic mass is 9.81. The number of hydrogen-bond donors (Lipinski definition) is 0. The van der Waals surface area contributed by atoms with E-state index in [9.17, 15) is 4.79 Å². The quantitative estimate of drug-likeness (QED) is 0.546. The average molecular weight is 140 g/mol. The first-order valence-electron chi connectivity index (χ1n) is 4.26. The molecule has 1 fully saturated rings. The Balaban J connectivity index is 2.43. The summed E-state index contributed by atoms with van der Waals surface area (Å²) < 4.78 is 0. The summed E-state index contributed by atoms with van der Waals surface area (Å²) in [6, 6.07) is 0. The van der Waals surface area contributed by atoms with E-state index in [4.69, 9.17) is 0 Å². The SMILES string of the molecule is CC[C@H]1CC[C@H](C)CC1=O. The molecule has 0 heterocycles. The van der Waals surface area contributed by atoms with Gasteiger partial charge in [0.15, 0.2) is 0 Å². The zero-order valence-corrected chi connectivity index (χ0v) is 6.89. The van der Waals surface area contributed by atoms with Crippen molar-refractivity contribution in [2.75, 3.05) is 0 Å². The van der Waals surface area contributed by atoms with Crippen LogP contribution in [0.25, 0.3) is 0 Å². The highest BCUT2D eigenvalue weighted by Crippen LogP contribution is 2.26. The van der Waals surface area contributed by atoms with E-state index >= 15 is 0 Å². The summed E-state index contributed by atoms with van der Waals surface area (Å²) in [5.41, 5.74) is 0. The van der Waals surface area contributed by atoms with Crippen LogP contribution in [0.3, 0.4) is 0 Å². The molecule has 1 aliphatic carbocycles. The minimum Gasteiger partial charge on any atom is -0.299 e. The van der Waals surface area contributed by atoms with Crippen LogP contribution in [0, 0.1) is 11.8 Å². The predicted molar refractivity (Wildman–Crippen MR) is 41.8 cm³/mol. The smallest absolute Gasteiger partial charge is 0.136 e. The summed E-state index contributed by atoms with van der Waals surface area (Å²) in [6.07, 6.45) is 4.27. The minimum atomic E-state index is 0.399. The Morgan fingerprint density at radius 3 is 2.70 bits per heavy atom. The number of carbonyl (C=O) groups excluding carboxylic acids is 1. The van der Waals surface area contributed by atoms with Gasteiger partial charge in [-0.2, -0.15) is 0 Å². The van der Waals surface area contributed by atoms with Crippen molar-refractivity contribution in [2.24, 2.45) is 11.8 Å². The third-order valence-electron chi connectivity index (χ3n) is 2.51. The molecule has 0 radical (unpaired) electrons. The van der Waals surface area contributed by atoms with Crippen molar-refractivity contribution < 1.29 is 4.79 Å². The Kier molecular flexibility index (Phi) is 2.47. The molecule has 0 aromatic heterocycles. The van der Waals surface area contributed by atoms with Crippen LogP contribution in [-0.2, 0) is 4.79 Å². The molecular formula is C9H16O. The van der Waals surface area contributed by atoms with Crippen molar-refractivity contribution in [3.05, 3.63) is 0 Å². The van der Waals surface area contributed by atoms with E-state index in [1.54, 1.807) is 0 Å². The molecule has 0 unspecified atom stereocenters. The van der Waals surface area contributed by atoms with E-state index < -0.39 is 0 Å². The van der Waals surface area contributed by atoms with Gasteiger partial charge in [0.2, 0.25) is 0 Å². The lowest BCUT2D eigenvalue weighted by Crippen LogP contribution is -2.22. The standard InChI is InChI=1S/C9H16O/c1-3-8-5-4-7(2)6-9(8)10/h7-8H,3-6H2,1-2H3/t7-,8-/m0/s1. The molecular weight excluding hydrogens is 124 g/mol. The number of Topliss-reactive ketones (excluding diaryl/α,β-unsaturated/α-hetero) is 1. The molecule has 0 aromatic carbocycles. The van der Waals surface area contributed by atoms with Crippen molar-refractivity contribution in [1.29, 1.82) is 0 Å². The van der Waals surface area contributed by atoms with Gasteiger partial charge < -0.3 is 0 Å². The maximum absolute atomic E-state index is 11.2. The second-order valence-corrected chi connectivity index (χ2v) is 3.46. The van der Waals surface area contributed by atoms with Gasteiger partial charge in [-0.3, -0.25) is 4.79 Å². The van der Waals surface area contributed by atoms with Crippen LogP contribution in [0.5, 0.6) is 0 Å². The highest BCUT2D eigenvalue weighted by Gasteiger charge is 2.24. The minimum absolute atomic E-state index is 0.399. The summed E-state index contributed by atoms with van der Waals surface area (Å²) in [5.74, 6) is 1.55. The normalized spacial score (nSPS) is 34.4. The molecule has 1 aliphatic rings. The van der Waals surface area contributed by atoms with Crippen molar-refractivity contribution in [3.63, 3.8) is 0 Å². The molecule has 10 heavy (non-hydrogen) atoms. The van der Waals surface area contributed by atoms with Crippen LogP contribution in [0.15, 0.2) is 0 Å². The summed E-state index contributed by atoms with van der Waals surface area (Å²) in [7, 11) is 0. The fourth-order valence-corrected chi connectivity index (χ4v) is 1.69. The Hall–Kier alpha value is -0.330. The Labute approximate surface area is 62.8 Å². The topological polar surface area (TPSA) is 17.1 Å². The third kappa shape index (κ3) is 1.59. The van der Waals surface area contributed by atoms with Crippen LogP contribution in [0.1, 0.15) is 39.5 Å². The fourth-order valence-electron chi connectivity index (χ4n) is 1.69. The number of carbonyl (C=O) groups is 1. The second kappa shape index (κ2) is 3.18. The van der Waals surface area contributed by atoms with E-state index in [-0.39, 0.29) is 0 Å². The molecule has 1 nitrogen and oxygen atoms in total. The number of rotatable bonds is 1. The molecule has 0 saturated heterocycles. The highest BCUT2D eigenvalue weighted by atomic mass is 16.1. The van der Waals surface area contributed by atoms with Crippen LogP contribution < -0.4 is 0 Å². The molecule has 0 bridgehead atoms. The van der Waals surface area contributed by atoms with Gasteiger partial charge in [0.05, 0.1) is 0 Å². The lowest BCUT2D eigenvalue weighted by Gasteiger charge is -2.23. The van der Waals surface area contributed by atoms with Gasteiger partial charge in [-0.15, -0.1) is 0 Å². The summed E-state index contributed by atoms with van der Waals surface area (Å²) in [5, 5.41) is 0. The van der Waals surface area contributed by atoms with E-state index in [1.807, 2.05) is 0 Å². The molecule has 0 N–H and O–H groups in total. The largest absolute Gasteiger partial charge is 0.299 e. The van der Waals surface area contributed by atoms with Crippen molar-refractivity contribution in [2.45, 2.75) is 39.5 Å². The van der Waals surface area contributed by atoms with E-state index in [0.29, 0.717) is 17.6 Å². The Bertz CT molecular complexity index is 129. The summed E-state index contributed by atoms with van der Waals surface area (Å²) >= 11 is 0. The predicted octanol–water partition coefficient (Wildman–Crippen LogP) is 2.40. The van der Waals surface area contributed by atoms with E-state index in [2.05, 4.69) is 13.8 Å². The number of ketones is 1. The van der Waals surface area contributed by atoms with E-state index in [1.165, 1.54) is 6.42 Å². The molecule has 58 valence electrons. The molecule has 0 aliphatic heterocycles. The zero-order valence-electron chi connectivity index (χ0n) is 6.89. The first-order valence-corrected chi connectivity index (χ1v) is 4.26. The maximum Gasteiger partial charge on any atom is 0.136 e. The van der Waals surface area contributed by atoms with Crippen molar-refractivity contribution in [1.82, 2.24) is 0 Å². The number of hydrogen-bond acceptors (Lipinski definition) is 1. The van der Waals surface area contributed by atoms with Gasteiger partial charge in [0, 0.05) is 12.3 Å². The summed E-state index contributed by atoms with van der Waals surface area (Å²) in [4.78, 5) is 11.2. The third-order valence-corrected chi connectivity index (χ3v) is 2.51. The molecule has 0 amide bonds. The molecule has 2 atom stereocenters. The molecule has 1 rings (SSSR count). The van der Waals surface area contributed by atoms with Crippen LogP contribution in [0.4, 0.5) is 0 Å². The monoisotopic (exact) mass is 140 g/mol. The Morgan fingerprint density at radius 2 is 2.20 bits per heavy atom. The fraction of sp³-hybridized carbons (Fsp3) is 0.889. The first kappa shape index (κ1) is 7.77. The van der Waals surface area contributed by atoms with Gasteiger partial charge in [-0.05, 0) is 25.2 Å². The molecule has 0 aromatic rings. The lowest BCUT2D eigenvalue weighted by molar-refractivity contribution is -0.125. The van der Waals surface area contributed by atoms with Crippen LogP contribution in [-0.4, -0.2) is 5.78 Å². The van der Waals surface area contributed by atoms with Gasteiger partial charge in [0.1, 0.15) is 5.78 Å². The highest BCUT2D eigenvalue weighted by molar-refractivity contribution is 5.81. The van der Waals surface area contributed by atoms with Gasteiger partial charge >= 0.3 is 0 Å². The first-order chi connectivity index (χ1) is 4.74. The second-order valence-electron chi connectivity index (χ2n) is 3.46. The average Bonchev–Trinajstić information content (AvgIpc) is 1.88. The van der Waals surface area contributed by atoms with Gasteiger partial charge in [0.25, 0.3) is 0 Å². The Morgan fingerprint density at radius 1 is 1.50 bits per heavy atom. The maximum atomic E-state index is 11.2. The van der Waals surface area contributed by atoms with Gasteiger partial charge in [-0.25, -0.2) is 0 Å². The molecule has 0 spiro atoms. The van der Waals surface area contributed by atoms with Crippen molar-refractivity contribution in [3.8, 4) is 0 Å². The zero-order chi connectivity index (χ0) is 7.56. The van der Waals surface area contributed by atoms with Crippen LogP contribution in [0.2, 0.25) is 0 Å². The molecule has 1 heteroatoms. The van der Waals surface area contributed by atoms with E-state index in [0.717, 1.165) is 19.3 Å². The summed E-state index contributed by atoms with van der Waals surface area (Å²) in [6.45, 7) is 4.28. The van der Waals surface area contributed by atoms with Gasteiger partial charge in [-0.1, -0.05) is 13.8 Å². The van der Waals surface area contributed by atoms with Crippen molar-refractivity contribution >= 4 is 5.78 Å². The molecule has 1 saturated carbocycles. The van der Waals surface area contributed by atoms with Crippen LogP contribution >= 0.6 is 0 Å².